The molecule has 152 valence electrons. The van der Waals surface area contributed by atoms with Crippen molar-refractivity contribution in [2.24, 2.45) is 27.7 Å². The molecule has 1 aromatic carbocycles. The Morgan fingerprint density at radius 1 is 1.17 bits per heavy atom. The minimum atomic E-state index is 0.392. The van der Waals surface area contributed by atoms with E-state index in [0.29, 0.717) is 11.8 Å². The predicted octanol–water partition coefficient (Wildman–Crippen LogP) is 6.89. The number of hydrogen-bond acceptors (Lipinski definition) is 2. The van der Waals surface area contributed by atoms with Crippen LogP contribution in [0.4, 0.5) is 0 Å². The highest BCUT2D eigenvalue weighted by molar-refractivity contribution is 6.16. The second kappa shape index (κ2) is 8.26. The lowest BCUT2D eigenvalue weighted by Gasteiger charge is -2.34. The van der Waals surface area contributed by atoms with E-state index in [-0.39, 0.29) is 0 Å². The van der Waals surface area contributed by atoms with Gasteiger partial charge in [0.25, 0.3) is 0 Å². The first-order valence-corrected chi connectivity index (χ1v) is 11.2. The van der Waals surface area contributed by atoms with Crippen molar-refractivity contribution < 1.29 is 0 Å². The topological polar surface area (TPSA) is 24.7 Å². The largest absolute Gasteiger partial charge is 0.285 e. The highest BCUT2D eigenvalue weighted by Crippen LogP contribution is 2.46. The molecule has 0 spiro atoms. The van der Waals surface area contributed by atoms with Gasteiger partial charge in [-0.3, -0.25) is 9.98 Å². The van der Waals surface area contributed by atoms with E-state index >= 15 is 0 Å². The van der Waals surface area contributed by atoms with Crippen LogP contribution in [0.2, 0.25) is 0 Å². The molecule has 1 fully saturated rings. The van der Waals surface area contributed by atoms with Crippen LogP contribution in [0.15, 0.2) is 58.2 Å². The summed E-state index contributed by atoms with van der Waals surface area (Å²) in [6.07, 6.45) is 10.4. The van der Waals surface area contributed by atoms with E-state index in [2.05, 4.69) is 58.5 Å². The third-order valence-electron chi connectivity index (χ3n) is 6.84. The number of aliphatic imine (C=N–C) groups is 2. The Labute approximate surface area is 176 Å². The Hall–Kier alpha value is -2.22. The molecule has 0 aromatic heterocycles. The molecule has 1 aromatic rings. The standard InChI is InChI=1S/C27H34N2/c1-6-24-27(23-14-18(3)10-11-20(23)5)26(21-9-7-8-17(2)12-21)25(29-24)15-22-13-19(4)16-28-22/h6,10-11,13-14,17,21,26H,1,7-9,12,15-16H2,2-5H3/t17-,21+,26?/m0/s1. The molecular formula is C27H34N2. The van der Waals surface area contributed by atoms with Crippen LogP contribution in [0.3, 0.4) is 0 Å². The van der Waals surface area contributed by atoms with E-state index in [1.54, 1.807) is 0 Å². The van der Waals surface area contributed by atoms with Gasteiger partial charge in [0, 0.05) is 23.8 Å². The van der Waals surface area contributed by atoms with Gasteiger partial charge in [-0.25, -0.2) is 0 Å². The zero-order valence-electron chi connectivity index (χ0n) is 18.5. The van der Waals surface area contributed by atoms with Gasteiger partial charge in [0.2, 0.25) is 0 Å². The fourth-order valence-corrected chi connectivity index (χ4v) is 5.43. The first-order valence-electron chi connectivity index (χ1n) is 11.2. The lowest BCUT2D eigenvalue weighted by molar-refractivity contribution is 0.265. The molecule has 1 aliphatic carbocycles. The molecule has 3 aliphatic rings. The van der Waals surface area contributed by atoms with Crippen LogP contribution < -0.4 is 0 Å². The molecule has 0 radical (unpaired) electrons. The summed E-state index contributed by atoms with van der Waals surface area (Å²) >= 11 is 0. The maximum atomic E-state index is 5.17. The van der Waals surface area contributed by atoms with Crippen LogP contribution in [0.5, 0.6) is 0 Å². The molecule has 2 heteroatoms. The van der Waals surface area contributed by atoms with Crippen LogP contribution in [0.1, 0.15) is 62.6 Å². The lowest BCUT2D eigenvalue weighted by atomic mass is 9.69. The molecule has 1 saturated carbocycles. The minimum Gasteiger partial charge on any atom is -0.285 e. The summed E-state index contributed by atoms with van der Waals surface area (Å²) in [6.45, 7) is 14.0. The molecule has 29 heavy (non-hydrogen) atoms. The van der Waals surface area contributed by atoms with Crippen molar-refractivity contribution in [3.63, 3.8) is 0 Å². The zero-order valence-corrected chi connectivity index (χ0v) is 18.5. The van der Waals surface area contributed by atoms with E-state index in [4.69, 9.17) is 9.98 Å². The van der Waals surface area contributed by atoms with Gasteiger partial charge in [0.1, 0.15) is 0 Å². The van der Waals surface area contributed by atoms with Gasteiger partial charge in [-0.15, -0.1) is 0 Å². The average Bonchev–Trinajstić information content (AvgIpc) is 3.27. The number of benzene rings is 1. The van der Waals surface area contributed by atoms with Crippen molar-refractivity contribution >= 4 is 17.0 Å². The minimum absolute atomic E-state index is 0.392. The highest BCUT2D eigenvalue weighted by atomic mass is 14.8. The highest BCUT2D eigenvalue weighted by Gasteiger charge is 2.38. The Morgan fingerprint density at radius 2 is 2.00 bits per heavy atom. The van der Waals surface area contributed by atoms with Crippen molar-refractivity contribution in [2.75, 3.05) is 6.54 Å². The van der Waals surface area contributed by atoms with Crippen LogP contribution in [0, 0.1) is 31.6 Å². The maximum absolute atomic E-state index is 5.17. The molecule has 4 rings (SSSR count). The number of aryl methyl sites for hydroxylation is 2. The number of hydrogen-bond donors (Lipinski definition) is 0. The summed E-state index contributed by atoms with van der Waals surface area (Å²) in [4.78, 5) is 9.93. The Balaban J connectivity index is 1.77. The molecule has 3 atom stereocenters. The number of nitrogens with zero attached hydrogens (tertiary/aromatic N) is 2. The maximum Gasteiger partial charge on any atom is 0.0668 e. The summed E-state index contributed by atoms with van der Waals surface area (Å²) in [7, 11) is 0. The van der Waals surface area contributed by atoms with Gasteiger partial charge in [-0.1, -0.05) is 55.7 Å². The van der Waals surface area contributed by atoms with Crippen LogP contribution >= 0.6 is 0 Å². The second-order valence-corrected chi connectivity index (χ2v) is 9.41. The zero-order chi connectivity index (χ0) is 20.5. The average molecular weight is 387 g/mol. The van der Waals surface area contributed by atoms with Crippen molar-refractivity contribution in [3.05, 3.63) is 64.9 Å². The summed E-state index contributed by atoms with van der Waals surface area (Å²) < 4.78 is 0. The molecule has 2 nitrogen and oxygen atoms in total. The summed E-state index contributed by atoms with van der Waals surface area (Å²) in [5.74, 6) is 1.86. The molecule has 0 saturated heterocycles. The fraction of sp³-hybridized carbons (Fsp3) is 0.481. The van der Waals surface area contributed by atoms with Gasteiger partial charge >= 0.3 is 0 Å². The first kappa shape index (κ1) is 20.1. The molecule has 1 unspecified atom stereocenters. The van der Waals surface area contributed by atoms with Gasteiger partial charge in [0.15, 0.2) is 0 Å². The van der Waals surface area contributed by atoms with Crippen molar-refractivity contribution in [2.45, 2.75) is 59.8 Å². The Morgan fingerprint density at radius 3 is 2.69 bits per heavy atom. The molecule has 0 amide bonds. The summed E-state index contributed by atoms with van der Waals surface area (Å²) in [5, 5.41) is 0. The third-order valence-corrected chi connectivity index (χ3v) is 6.84. The summed E-state index contributed by atoms with van der Waals surface area (Å²) in [5.41, 5.74) is 10.4. The number of allylic oxidation sites excluding steroid dienone is 3. The molecule has 0 N–H and O–H groups in total. The van der Waals surface area contributed by atoms with Crippen LogP contribution in [-0.4, -0.2) is 18.0 Å². The van der Waals surface area contributed by atoms with E-state index in [0.717, 1.165) is 24.6 Å². The van der Waals surface area contributed by atoms with E-state index in [1.807, 2.05) is 6.08 Å². The van der Waals surface area contributed by atoms with Gasteiger partial charge in [-0.05, 0) is 74.3 Å². The number of rotatable bonds is 5. The van der Waals surface area contributed by atoms with Crippen molar-refractivity contribution in [3.8, 4) is 0 Å². The first-order chi connectivity index (χ1) is 14.0. The van der Waals surface area contributed by atoms with E-state index in [1.165, 1.54) is 64.9 Å². The van der Waals surface area contributed by atoms with E-state index in [9.17, 15) is 0 Å². The van der Waals surface area contributed by atoms with Gasteiger partial charge < -0.3 is 0 Å². The van der Waals surface area contributed by atoms with Crippen molar-refractivity contribution in [1.29, 1.82) is 0 Å². The third kappa shape index (κ3) is 4.08. The normalized spacial score (nSPS) is 27.0. The quantitative estimate of drug-likeness (QED) is 0.526. The molecule has 2 aliphatic heterocycles. The monoisotopic (exact) mass is 386 g/mol. The van der Waals surface area contributed by atoms with Gasteiger partial charge in [-0.2, -0.15) is 0 Å². The van der Waals surface area contributed by atoms with Crippen molar-refractivity contribution in [1.82, 2.24) is 0 Å². The van der Waals surface area contributed by atoms with Crippen LogP contribution in [0.25, 0.3) is 5.57 Å². The van der Waals surface area contributed by atoms with Crippen LogP contribution in [-0.2, 0) is 0 Å². The second-order valence-electron chi connectivity index (χ2n) is 9.41. The lowest BCUT2D eigenvalue weighted by Crippen LogP contribution is -2.28. The Kier molecular flexibility index (Phi) is 5.72. The molecule has 0 bridgehead atoms. The fourth-order valence-electron chi connectivity index (χ4n) is 5.43. The predicted molar refractivity (Wildman–Crippen MR) is 126 cm³/mol. The molecule has 2 heterocycles. The Bertz CT molecular complexity index is 941. The smallest absolute Gasteiger partial charge is 0.0668 e. The van der Waals surface area contributed by atoms with E-state index < -0.39 is 0 Å². The summed E-state index contributed by atoms with van der Waals surface area (Å²) in [6, 6.07) is 6.81. The van der Waals surface area contributed by atoms with Gasteiger partial charge in [0.05, 0.1) is 12.2 Å². The molecular weight excluding hydrogens is 352 g/mol. The SMILES string of the molecule is C=CC1=C(c2cc(C)ccc2C)C([C@@H]2CCC[C@H](C)C2)C(CC2=NCC(C)=C2)=N1.